The van der Waals surface area contributed by atoms with Crippen molar-refractivity contribution in [2.24, 2.45) is 0 Å². The molecule has 0 saturated heterocycles. The van der Waals surface area contributed by atoms with Crippen molar-refractivity contribution in [1.82, 2.24) is 5.32 Å². The average molecular weight is 306 g/mol. The molecular formula is C16H16ClNO3. The highest BCUT2D eigenvalue weighted by Gasteiger charge is 2.14. The zero-order chi connectivity index (χ0) is 15.1. The van der Waals surface area contributed by atoms with Crippen molar-refractivity contribution in [3.05, 3.63) is 70.7 Å². The maximum atomic E-state index is 11.8. The van der Waals surface area contributed by atoms with E-state index < -0.39 is 12.1 Å². The van der Waals surface area contributed by atoms with Gasteiger partial charge in [-0.15, -0.1) is 0 Å². The van der Waals surface area contributed by atoms with Gasteiger partial charge in [0.25, 0.3) is 0 Å². The van der Waals surface area contributed by atoms with Crippen LogP contribution in [-0.4, -0.2) is 17.8 Å². The maximum absolute atomic E-state index is 11.8. The molecule has 5 heteroatoms. The van der Waals surface area contributed by atoms with E-state index in [1.165, 1.54) is 0 Å². The van der Waals surface area contributed by atoms with Crippen molar-refractivity contribution in [2.45, 2.75) is 12.6 Å². The molecule has 2 aromatic rings. The van der Waals surface area contributed by atoms with Gasteiger partial charge in [0.05, 0.1) is 12.6 Å². The number of aliphatic hydroxyl groups is 1. The fraction of sp³-hybridized carbons (Fsp3) is 0.188. The van der Waals surface area contributed by atoms with Crippen molar-refractivity contribution in [3.8, 4) is 0 Å². The molecule has 0 aliphatic heterocycles. The van der Waals surface area contributed by atoms with E-state index in [9.17, 15) is 9.90 Å². The van der Waals surface area contributed by atoms with Crippen LogP contribution < -0.4 is 5.32 Å². The van der Waals surface area contributed by atoms with E-state index in [-0.39, 0.29) is 13.2 Å². The van der Waals surface area contributed by atoms with Crippen LogP contribution in [0.15, 0.2) is 54.6 Å². The van der Waals surface area contributed by atoms with Gasteiger partial charge in [-0.2, -0.15) is 0 Å². The third-order valence-corrected chi connectivity index (χ3v) is 3.21. The van der Waals surface area contributed by atoms with Gasteiger partial charge in [-0.25, -0.2) is 4.79 Å². The van der Waals surface area contributed by atoms with Crippen LogP contribution in [0.5, 0.6) is 0 Å². The van der Waals surface area contributed by atoms with Crippen LogP contribution in [0, 0.1) is 0 Å². The van der Waals surface area contributed by atoms with Crippen molar-refractivity contribution in [1.29, 1.82) is 0 Å². The van der Waals surface area contributed by atoms with Gasteiger partial charge >= 0.3 is 6.09 Å². The molecule has 1 amide bonds. The van der Waals surface area contributed by atoms with Crippen LogP contribution >= 0.6 is 11.6 Å². The molecule has 1 atom stereocenters. The second-order valence-corrected chi connectivity index (χ2v) is 4.93. The molecule has 0 aliphatic rings. The summed E-state index contributed by atoms with van der Waals surface area (Å²) in [6.07, 6.45) is -0.576. The lowest BCUT2D eigenvalue weighted by Crippen LogP contribution is -2.31. The van der Waals surface area contributed by atoms with E-state index in [0.29, 0.717) is 5.02 Å². The number of halogens is 1. The first kappa shape index (κ1) is 15.4. The summed E-state index contributed by atoms with van der Waals surface area (Å²) < 4.78 is 5.12. The van der Waals surface area contributed by atoms with E-state index in [4.69, 9.17) is 16.3 Å². The first-order valence-corrected chi connectivity index (χ1v) is 6.90. The fourth-order valence-electron chi connectivity index (χ4n) is 1.84. The number of alkyl carbamates (subject to hydrolysis) is 1. The summed E-state index contributed by atoms with van der Waals surface area (Å²) >= 11 is 5.81. The van der Waals surface area contributed by atoms with E-state index in [1.807, 2.05) is 30.3 Å². The van der Waals surface area contributed by atoms with Crippen LogP contribution in [0.2, 0.25) is 5.02 Å². The molecule has 0 spiro atoms. The molecule has 0 aromatic heterocycles. The fourth-order valence-corrected chi connectivity index (χ4v) is 1.96. The highest BCUT2D eigenvalue weighted by Crippen LogP contribution is 2.16. The van der Waals surface area contributed by atoms with Gasteiger partial charge in [-0.3, -0.25) is 0 Å². The number of carbonyl (C=O) groups is 1. The van der Waals surface area contributed by atoms with Crippen LogP contribution in [-0.2, 0) is 11.3 Å². The van der Waals surface area contributed by atoms with Crippen molar-refractivity contribution < 1.29 is 14.6 Å². The minimum absolute atomic E-state index is 0.186. The van der Waals surface area contributed by atoms with Crippen LogP contribution in [0.1, 0.15) is 17.2 Å². The average Bonchev–Trinajstić information content (AvgIpc) is 2.52. The molecule has 2 N–H and O–H groups in total. The Morgan fingerprint density at radius 3 is 2.43 bits per heavy atom. The predicted octanol–water partition coefficient (Wildman–Crippen LogP) is 3.30. The second kappa shape index (κ2) is 7.67. The molecule has 0 bridgehead atoms. The summed E-state index contributed by atoms with van der Waals surface area (Å²) in [7, 11) is 0. The Hall–Kier alpha value is -2.04. The first-order valence-electron chi connectivity index (χ1n) is 6.52. The van der Waals surface area contributed by atoms with E-state index in [0.717, 1.165) is 11.1 Å². The van der Waals surface area contributed by atoms with Crippen LogP contribution in [0.25, 0.3) is 0 Å². The molecule has 0 fully saturated rings. The molecule has 0 unspecified atom stereocenters. The molecule has 2 aromatic carbocycles. The van der Waals surface area contributed by atoms with Gasteiger partial charge in [0.1, 0.15) is 6.61 Å². The number of hydrogen-bond acceptors (Lipinski definition) is 3. The Morgan fingerprint density at radius 2 is 1.81 bits per heavy atom. The SMILES string of the molecule is O=C(N[C@@H](CO)c1ccc(Cl)cc1)OCc1ccccc1. The maximum Gasteiger partial charge on any atom is 0.408 e. The molecule has 4 nitrogen and oxygen atoms in total. The van der Waals surface area contributed by atoms with Gasteiger partial charge in [-0.05, 0) is 23.3 Å². The summed E-state index contributed by atoms with van der Waals surface area (Å²) in [6, 6.07) is 15.8. The largest absolute Gasteiger partial charge is 0.445 e. The van der Waals surface area contributed by atoms with Crippen molar-refractivity contribution in [2.75, 3.05) is 6.61 Å². The standard InChI is InChI=1S/C16H16ClNO3/c17-14-8-6-13(7-9-14)15(10-19)18-16(20)21-11-12-4-2-1-3-5-12/h1-9,15,19H,10-11H2,(H,18,20)/t15-/m0/s1. The quantitative estimate of drug-likeness (QED) is 0.891. The number of rotatable bonds is 5. The number of amides is 1. The van der Waals surface area contributed by atoms with E-state index in [1.54, 1.807) is 24.3 Å². The molecule has 0 aliphatic carbocycles. The number of benzene rings is 2. The molecule has 0 saturated carbocycles. The monoisotopic (exact) mass is 305 g/mol. The topological polar surface area (TPSA) is 58.6 Å². The Labute approximate surface area is 128 Å². The number of aliphatic hydroxyl groups excluding tert-OH is 1. The molecular weight excluding hydrogens is 290 g/mol. The summed E-state index contributed by atoms with van der Waals surface area (Å²) in [5.74, 6) is 0. The summed E-state index contributed by atoms with van der Waals surface area (Å²) in [5.41, 5.74) is 1.67. The zero-order valence-electron chi connectivity index (χ0n) is 11.3. The normalized spacial score (nSPS) is 11.7. The third-order valence-electron chi connectivity index (χ3n) is 2.96. The number of carbonyl (C=O) groups excluding carboxylic acids is 1. The van der Waals surface area contributed by atoms with Crippen LogP contribution in [0.3, 0.4) is 0 Å². The van der Waals surface area contributed by atoms with Crippen LogP contribution in [0.4, 0.5) is 4.79 Å². The van der Waals surface area contributed by atoms with Gasteiger partial charge in [-0.1, -0.05) is 54.1 Å². The van der Waals surface area contributed by atoms with Crippen molar-refractivity contribution in [3.63, 3.8) is 0 Å². The molecule has 2 rings (SSSR count). The predicted molar refractivity (Wildman–Crippen MR) is 81.0 cm³/mol. The highest BCUT2D eigenvalue weighted by atomic mass is 35.5. The number of nitrogens with one attached hydrogen (secondary N) is 1. The lowest BCUT2D eigenvalue weighted by Gasteiger charge is -2.16. The van der Waals surface area contributed by atoms with E-state index >= 15 is 0 Å². The Morgan fingerprint density at radius 1 is 1.14 bits per heavy atom. The Bertz CT molecular complexity index is 572. The third kappa shape index (κ3) is 4.77. The Kier molecular flexibility index (Phi) is 5.60. The first-order chi connectivity index (χ1) is 10.2. The lowest BCUT2D eigenvalue weighted by atomic mass is 10.1. The van der Waals surface area contributed by atoms with Crippen molar-refractivity contribution >= 4 is 17.7 Å². The number of ether oxygens (including phenoxy) is 1. The van der Waals surface area contributed by atoms with Gasteiger partial charge < -0.3 is 15.2 Å². The Balaban J connectivity index is 1.89. The smallest absolute Gasteiger partial charge is 0.408 e. The molecule has 21 heavy (non-hydrogen) atoms. The zero-order valence-corrected chi connectivity index (χ0v) is 12.1. The molecule has 110 valence electrons. The second-order valence-electron chi connectivity index (χ2n) is 4.49. The van der Waals surface area contributed by atoms with Gasteiger partial charge in [0, 0.05) is 5.02 Å². The van der Waals surface area contributed by atoms with Gasteiger partial charge in [0.15, 0.2) is 0 Å². The highest BCUT2D eigenvalue weighted by molar-refractivity contribution is 6.30. The van der Waals surface area contributed by atoms with Gasteiger partial charge in [0.2, 0.25) is 0 Å². The number of hydrogen-bond donors (Lipinski definition) is 2. The van der Waals surface area contributed by atoms with E-state index in [2.05, 4.69) is 5.32 Å². The summed E-state index contributed by atoms with van der Waals surface area (Å²) in [4.78, 5) is 11.8. The minimum Gasteiger partial charge on any atom is -0.445 e. The molecule has 0 radical (unpaired) electrons. The molecule has 0 heterocycles. The summed E-state index contributed by atoms with van der Waals surface area (Å²) in [6.45, 7) is -0.0342. The summed E-state index contributed by atoms with van der Waals surface area (Å²) in [5, 5.41) is 12.6. The lowest BCUT2D eigenvalue weighted by molar-refractivity contribution is 0.129. The minimum atomic E-state index is -0.576.